The number of aromatic nitrogens is 1. The first-order valence-corrected chi connectivity index (χ1v) is 7.79. The van der Waals surface area contributed by atoms with Crippen LogP contribution < -0.4 is 9.47 Å². The normalized spacial score (nSPS) is 11.3. The van der Waals surface area contributed by atoms with E-state index in [1.807, 2.05) is 0 Å². The molecule has 0 N–H and O–H groups in total. The minimum Gasteiger partial charge on any atom is -0.493 e. The lowest BCUT2D eigenvalue weighted by molar-refractivity contribution is -0.141. The molecule has 0 radical (unpaired) electrons. The van der Waals surface area contributed by atoms with Gasteiger partial charge in [-0.25, -0.2) is 0 Å². The molecule has 3 aromatic rings. The van der Waals surface area contributed by atoms with E-state index in [2.05, 4.69) is 4.98 Å². The van der Waals surface area contributed by atoms with Crippen molar-refractivity contribution in [3.8, 4) is 33.8 Å². The summed E-state index contributed by atoms with van der Waals surface area (Å²) in [6.45, 7) is 0. The summed E-state index contributed by atoms with van der Waals surface area (Å²) >= 11 is 0. The van der Waals surface area contributed by atoms with Crippen molar-refractivity contribution in [1.82, 2.24) is 4.98 Å². The Balaban J connectivity index is 2.29. The first-order valence-electron chi connectivity index (χ1n) is 7.79. The molecule has 0 amide bonds. The summed E-state index contributed by atoms with van der Waals surface area (Å²) in [5.41, 5.74) is 1.26. The maximum absolute atomic E-state index is 13.2. The van der Waals surface area contributed by atoms with Gasteiger partial charge in [-0.2, -0.15) is 13.2 Å². The van der Waals surface area contributed by atoms with E-state index < -0.39 is 11.9 Å². The lowest BCUT2D eigenvalue weighted by Gasteiger charge is -2.17. The van der Waals surface area contributed by atoms with E-state index in [9.17, 15) is 13.2 Å². The Morgan fingerprint density at radius 2 is 1.54 bits per heavy atom. The zero-order chi connectivity index (χ0) is 18.7. The Morgan fingerprint density at radius 3 is 2.15 bits per heavy atom. The summed E-state index contributed by atoms with van der Waals surface area (Å²) in [6.07, 6.45) is -3.30. The molecule has 0 aliphatic heterocycles. The second kappa shape index (κ2) is 7.07. The predicted molar refractivity (Wildman–Crippen MR) is 93.2 cm³/mol. The predicted octanol–water partition coefficient (Wildman–Crippen LogP) is 5.45. The molecule has 2 aromatic carbocycles. The van der Waals surface area contributed by atoms with Crippen molar-refractivity contribution in [2.75, 3.05) is 14.2 Å². The van der Waals surface area contributed by atoms with E-state index in [1.165, 1.54) is 20.4 Å². The third-order valence-electron chi connectivity index (χ3n) is 3.97. The second-order valence-electron chi connectivity index (χ2n) is 5.52. The number of para-hydroxylation sites is 1. The zero-order valence-electron chi connectivity index (χ0n) is 14.2. The van der Waals surface area contributed by atoms with Gasteiger partial charge in [0.25, 0.3) is 0 Å². The smallest absolute Gasteiger partial charge is 0.433 e. The van der Waals surface area contributed by atoms with Crippen molar-refractivity contribution in [2.45, 2.75) is 6.18 Å². The largest absolute Gasteiger partial charge is 0.493 e. The van der Waals surface area contributed by atoms with Gasteiger partial charge in [0, 0.05) is 17.3 Å². The second-order valence-corrected chi connectivity index (χ2v) is 5.52. The number of nitrogens with zero attached hydrogens (tertiary/aromatic N) is 1. The van der Waals surface area contributed by atoms with Crippen molar-refractivity contribution in [1.29, 1.82) is 0 Å². The van der Waals surface area contributed by atoms with Crippen LogP contribution in [0.3, 0.4) is 0 Å². The summed E-state index contributed by atoms with van der Waals surface area (Å²) in [6, 6.07) is 15.2. The Labute approximate surface area is 149 Å². The van der Waals surface area contributed by atoms with Crippen LogP contribution in [0.5, 0.6) is 11.5 Å². The number of rotatable bonds is 4. The summed E-state index contributed by atoms with van der Waals surface area (Å²) in [5.74, 6) is 0.928. The fourth-order valence-corrected chi connectivity index (χ4v) is 2.78. The molecule has 0 saturated heterocycles. The Kier molecular flexibility index (Phi) is 4.84. The topological polar surface area (TPSA) is 31.4 Å². The fourth-order valence-electron chi connectivity index (χ4n) is 2.78. The number of halogens is 3. The molecular formula is C20H16F3NO2. The van der Waals surface area contributed by atoms with Gasteiger partial charge in [-0.05, 0) is 23.3 Å². The summed E-state index contributed by atoms with van der Waals surface area (Å²) in [5, 5.41) is 0. The van der Waals surface area contributed by atoms with Crippen molar-refractivity contribution < 1.29 is 22.6 Å². The molecule has 1 heterocycles. The summed E-state index contributed by atoms with van der Waals surface area (Å²) < 4.78 is 50.3. The van der Waals surface area contributed by atoms with Crippen LogP contribution in [-0.4, -0.2) is 19.2 Å². The van der Waals surface area contributed by atoms with E-state index in [1.54, 1.807) is 48.5 Å². The van der Waals surface area contributed by atoms with E-state index in [4.69, 9.17) is 9.47 Å². The van der Waals surface area contributed by atoms with Crippen molar-refractivity contribution in [2.24, 2.45) is 0 Å². The first kappa shape index (κ1) is 17.8. The van der Waals surface area contributed by atoms with Crippen LogP contribution in [0.1, 0.15) is 5.69 Å². The van der Waals surface area contributed by atoms with Gasteiger partial charge in [-0.3, -0.25) is 4.98 Å². The molecule has 3 nitrogen and oxygen atoms in total. The van der Waals surface area contributed by atoms with Crippen LogP contribution in [0.25, 0.3) is 22.3 Å². The minimum atomic E-state index is -4.53. The van der Waals surface area contributed by atoms with Gasteiger partial charge in [0.1, 0.15) is 5.69 Å². The molecule has 3 rings (SSSR count). The molecule has 0 atom stereocenters. The molecule has 0 aliphatic rings. The molecule has 26 heavy (non-hydrogen) atoms. The molecule has 1 aromatic heterocycles. The number of ether oxygens (including phenoxy) is 2. The van der Waals surface area contributed by atoms with Crippen molar-refractivity contribution in [3.05, 3.63) is 66.5 Å². The molecule has 0 spiro atoms. The Morgan fingerprint density at radius 1 is 0.808 bits per heavy atom. The number of hydrogen-bond donors (Lipinski definition) is 0. The first-order chi connectivity index (χ1) is 12.5. The van der Waals surface area contributed by atoms with Crippen LogP contribution in [-0.2, 0) is 6.18 Å². The summed E-state index contributed by atoms with van der Waals surface area (Å²) in [4.78, 5) is 3.62. The van der Waals surface area contributed by atoms with Gasteiger partial charge >= 0.3 is 6.18 Å². The third kappa shape index (κ3) is 3.35. The number of hydrogen-bond acceptors (Lipinski definition) is 3. The SMILES string of the molecule is COc1cccc(-c2cnc(C(F)(F)F)cc2-c2ccccc2)c1OC. The highest BCUT2D eigenvalue weighted by Gasteiger charge is 2.33. The number of pyridine rings is 1. The van der Waals surface area contributed by atoms with E-state index >= 15 is 0 Å². The van der Waals surface area contributed by atoms with Crippen LogP contribution in [0.4, 0.5) is 13.2 Å². The van der Waals surface area contributed by atoms with E-state index in [0.717, 1.165) is 6.07 Å². The van der Waals surface area contributed by atoms with Crippen LogP contribution in [0.15, 0.2) is 60.8 Å². The van der Waals surface area contributed by atoms with Gasteiger partial charge in [-0.15, -0.1) is 0 Å². The molecule has 0 bridgehead atoms. The van der Waals surface area contributed by atoms with Gasteiger partial charge in [-0.1, -0.05) is 42.5 Å². The third-order valence-corrected chi connectivity index (χ3v) is 3.97. The highest BCUT2D eigenvalue weighted by Crippen LogP contribution is 2.43. The van der Waals surface area contributed by atoms with Crippen LogP contribution in [0.2, 0.25) is 0 Å². The lowest BCUT2D eigenvalue weighted by Crippen LogP contribution is -2.08. The maximum Gasteiger partial charge on any atom is 0.433 e. The molecule has 134 valence electrons. The highest BCUT2D eigenvalue weighted by molar-refractivity contribution is 5.87. The molecule has 0 saturated carbocycles. The molecular weight excluding hydrogens is 343 g/mol. The van der Waals surface area contributed by atoms with Crippen LogP contribution in [0, 0.1) is 0 Å². The Bertz CT molecular complexity index is 909. The van der Waals surface area contributed by atoms with Gasteiger partial charge in [0.05, 0.1) is 14.2 Å². The van der Waals surface area contributed by atoms with Gasteiger partial charge in [0.15, 0.2) is 11.5 Å². The maximum atomic E-state index is 13.2. The number of alkyl halides is 3. The summed E-state index contributed by atoms with van der Waals surface area (Å²) in [7, 11) is 2.99. The van der Waals surface area contributed by atoms with E-state index in [0.29, 0.717) is 33.8 Å². The van der Waals surface area contributed by atoms with Gasteiger partial charge in [0.2, 0.25) is 0 Å². The quantitative estimate of drug-likeness (QED) is 0.621. The van der Waals surface area contributed by atoms with Crippen LogP contribution >= 0.6 is 0 Å². The average molecular weight is 359 g/mol. The van der Waals surface area contributed by atoms with Gasteiger partial charge < -0.3 is 9.47 Å². The zero-order valence-corrected chi connectivity index (χ0v) is 14.2. The fraction of sp³-hybridized carbons (Fsp3) is 0.150. The molecule has 0 unspecified atom stereocenters. The Hall–Kier alpha value is -3.02. The molecule has 0 fully saturated rings. The van der Waals surface area contributed by atoms with Crippen molar-refractivity contribution in [3.63, 3.8) is 0 Å². The number of benzene rings is 2. The molecule has 0 aliphatic carbocycles. The monoisotopic (exact) mass is 359 g/mol. The standard InChI is InChI=1S/C20H16F3NO2/c1-25-17-10-6-9-14(19(17)26-2)16-12-24-18(20(21,22)23)11-15(16)13-7-4-3-5-8-13/h3-12H,1-2H3. The average Bonchev–Trinajstić information content (AvgIpc) is 2.66. The molecule has 6 heteroatoms. The van der Waals surface area contributed by atoms with E-state index in [-0.39, 0.29) is 0 Å². The lowest BCUT2D eigenvalue weighted by atomic mass is 9.94. The number of methoxy groups -OCH3 is 2. The highest BCUT2D eigenvalue weighted by atomic mass is 19.4. The van der Waals surface area contributed by atoms with Crippen molar-refractivity contribution >= 4 is 0 Å². The minimum absolute atomic E-state index is 0.416.